The monoisotopic (exact) mass is 182 g/mol. The Morgan fingerprint density at radius 3 is 2.92 bits per heavy atom. The van der Waals surface area contributed by atoms with Crippen molar-refractivity contribution in [3.05, 3.63) is 0 Å². The van der Waals surface area contributed by atoms with Crippen LogP contribution in [0.5, 0.6) is 0 Å². The molecule has 13 heavy (non-hydrogen) atoms. The summed E-state index contributed by atoms with van der Waals surface area (Å²) in [4.78, 5) is 0. The molecule has 1 aliphatic carbocycles. The molecule has 0 aromatic carbocycles. The van der Waals surface area contributed by atoms with Gasteiger partial charge in [0.2, 0.25) is 0 Å². The molecule has 0 amide bonds. The summed E-state index contributed by atoms with van der Waals surface area (Å²) in [6.07, 6.45) is 6.89. The van der Waals surface area contributed by atoms with Gasteiger partial charge in [0.05, 0.1) is 0 Å². The van der Waals surface area contributed by atoms with Gasteiger partial charge in [0.1, 0.15) is 0 Å². The van der Waals surface area contributed by atoms with E-state index >= 15 is 0 Å². The summed E-state index contributed by atoms with van der Waals surface area (Å²) < 4.78 is 0. The van der Waals surface area contributed by atoms with Crippen LogP contribution in [0.25, 0.3) is 0 Å². The van der Waals surface area contributed by atoms with Crippen molar-refractivity contribution >= 4 is 0 Å². The number of hydrogen-bond donors (Lipinski definition) is 2. The standard InChI is InChI=1S/C11H22N2/c1-11(5-6-11)9-13-10-3-2-7-12-8-4-10/h10,12-13H,2-9H2,1H3. The summed E-state index contributed by atoms with van der Waals surface area (Å²) >= 11 is 0. The third kappa shape index (κ3) is 2.96. The SMILES string of the molecule is CC1(CNC2CCCNCC2)CC1. The van der Waals surface area contributed by atoms with E-state index < -0.39 is 0 Å². The van der Waals surface area contributed by atoms with E-state index in [1.807, 2.05) is 0 Å². The van der Waals surface area contributed by atoms with Gasteiger partial charge < -0.3 is 10.6 Å². The molecule has 76 valence electrons. The van der Waals surface area contributed by atoms with Crippen LogP contribution in [0.1, 0.15) is 39.0 Å². The number of hydrogen-bond acceptors (Lipinski definition) is 2. The highest BCUT2D eigenvalue weighted by Gasteiger charge is 2.37. The van der Waals surface area contributed by atoms with Crippen LogP contribution in [0.3, 0.4) is 0 Å². The minimum atomic E-state index is 0.666. The van der Waals surface area contributed by atoms with Crippen molar-refractivity contribution in [1.29, 1.82) is 0 Å². The Morgan fingerprint density at radius 2 is 2.15 bits per heavy atom. The Kier molecular flexibility index (Phi) is 2.89. The highest BCUT2D eigenvalue weighted by Crippen LogP contribution is 2.44. The molecule has 0 radical (unpaired) electrons. The highest BCUT2D eigenvalue weighted by molar-refractivity contribution is 4.91. The molecule has 2 fully saturated rings. The first-order chi connectivity index (χ1) is 6.29. The van der Waals surface area contributed by atoms with E-state index in [4.69, 9.17) is 0 Å². The molecule has 2 nitrogen and oxygen atoms in total. The van der Waals surface area contributed by atoms with E-state index in [0.29, 0.717) is 5.41 Å². The Morgan fingerprint density at radius 1 is 1.31 bits per heavy atom. The lowest BCUT2D eigenvalue weighted by Gasteiger charge is -2.18. The van der Waals surface area contributed by atoms with Crippen molar-refractivity contribution in [2.45, 2.75) is 45.1 Å². The van der Waals surface area contributed by atoms with E-state index in [9.17, 15) is 0 Å². The molecule has 0 aromatic heterocycles. The van der Waals surface area contributed by atoms with Crippen LogP contribution in [0.15, 0.2) is 0 Å². The molecule has 1 atom stereocenters. The number of nitrogens with one attached hydrogen (secondary N) is 2. The van der Waals surface area contributed by atoms with Crippen LogP contribution < -0.4 is 10.6 Å². The maximum atomic E-state index is 3.72. The molecule has 1 heterocycles. The van der Waals surface area contributed by atoms with E-state index in [1.165, 1.54) is 51.7 Å². The summed E-state index contributed by atoms with van der Waals surface area (Å²) in [5.74, 6) is 0. The van der Waals surface area contributed by atoms with Crippen LogP contribution in [0.2, 0.25) is 0 Å². The van der Waals surface area contributed by atoms with Gasteiger partial charge in [0, 0.05) is 12.6 Å². The smallest absolute Gasteiger partial charge is 0.00798 e. The summed E-state index contributed by atoms with van der Waals surface area (Å²) in [6.45, 7) is 6.07. The first-order valence-corrected chi connectivity index (χ1v) is 5.73. The predicted molar refractivity (Wildman–Crippen MR) is 55.9 cm³/mol. The van der Waals surface area contributed by atoms with Crippen molar-refractivity contribution in [2.24, 2.45) is 5.41 Å². The largest absolute Gasteiger partial charge is 0.317 e. The van der Waals surface area contributed by atoms with Crippen LogP contribution >= 0.6 is 0 Å². The maximum Gasteiger partial charge on any atom is 0.00798 e. The topological polar surface area (TPSA) is 24.1 Å². The van der Waals surface area contributed by atoms with Crippen LogP contribution in [-0.4, -0.2) is 25.7 Å². The summed E-state index contributed by atoms with van der Waals surface area (Å²) in [6, 6.07) is 0.785. The molecule has 1 unspecified atom stereocenters. The van der Waals surface area contributed by atoms with Gasteiger partial charge in [-0.1, -0.05) is 6.92 Å². The van der Waals surface area contributed by atoms with Gasteiger partial charge in [-0.3, -0.25) is 0 Å². The fourth-order valence-electron chi connectivity index (χ4n) is 2.00. The first kappa shape index (κ1) is 9.47. The zero-order chi connectivity index (χ0) is 9.15. The van der Waals surface area contributed by atoms with Gasteiger partial charge in [0.25, 0.3) is 0 Å². The van der Waals surface area contributed by atoms with Crippen molar-refractivity contribution in [3.8, 4) is 0 Å². The lowest BCUT2D eigenvalue weighted by molar-refractivity contribution is 0.409. The molecule has 1 aliphatic heterocycles. The second-order valence-electron chi connectivity index (χ2n) is 5.07. The molecule has 2 rings (SSSR count). The van der Waals surface area contributed by atoms with Gasteiger partial charge >= 0.3 is 0 Å². The average molecular weight is 182 g/mol. The van der Waals surface area contributed by atoms with Crippen molar-refractivity contribution in [2.75, 3.05) is 19.6 Å². The minimum Gasteiger partial charge on any atom is -0.317 e. The second-order valence-corrected chi connectivity index (χ2v) is 5.07. The van der Waals surface area contributed by atoms with E-state index in [0.717, 1.165) is 6.04 Å². The third-order valence-corrected chi connectivity index (χ3v) is 3.50. The Labute approximate surface area is 81.5 Å². The molecule has 1 saturated heterocycles. The minimum absolute atomic E-state index is 0.666. The molecule has 2 aliphatic rings. The van der Waals surface area contributed by atoms with E-state index in [2.05, 4.69) is 17.6 Å². The molecular weight excluding hydrogens is 160 g/mol. The lowest BCUT2D eigenvalue weighted by Crippen LogP contribution is -2.33. The van der Waals surface area contributed by atoms with Crippen LogP contribution in [0.4, 0.5) is 0 Å². The average Bonchev–Trinajstić information content (AvgIpc) is 2.87. The summed E-state index contributed by atoms with van der Waals surface area (Å²) in [7, 11) is 0. The summed E-state index contributed by atoms with van der Waals surface area (Å²) in [5.41, 5.74) is 0.666. The normalized spacial score (nSPS) is 32.5. The quantitative estimate of drug-likeness (QED) is 0.691. The van der Waals surface area contributed by atoms with Crippen LogP contribution in [-0.2, 0) is 0 Å². The van der Waals surface area contributed by atoms with Gasteiger partial charge in [0.15, 0.2) is 0 Å². The van der Waals surface area contributed by atoms with Gasteiger partial charge in [-0.15, -0.1) is 0 Å². The lowest BCUT2D eigenvalue weighted by atomic mass is 10.1. The molecule has 1 saturated carbocycles. The molecule has 0 spiro atoms. The fourth-order valence-corrected chi connectivity index (χ4v) is 2.00. The van der Waals surface area contributed by atoms with Crippen molar-refractivity contribution < 1.29 is 0 Å². The maximum absolute atomic E-state index is 3.72. The fraction of sp³-hybridized carbons (Fsp3) is 1.00. The van der Waals surface area contributed by atoms with Gasteiger partial charge in [-0.2, -0.15) is 0 Å². The Balaban J connectivity index is 1.67. The molecular formula is C11H22N2. The van der Waals surface area contributed by atoms with E-state index in [-0.39, 0.29) is 0 Å². The Bertz CT molecular complexity index is 155. The van der Waals surface area contributed by atoms with Crippen molar-refractivity contribution in [3.63, 3.8) is 0 Å². The highest BCUT2D eigenvalue weighted by atomic mass is 15.0. The van der Waals surface area contributed by atoms with Gasteiger partial charge in [-0.25, -0.2) is 0 Å². The van der Waals surface area contributed by atoms with Crippen LogP contribution in [0, 0.1) is 5.41 Å². The third-order valence-electron chi connectivity index (χ3n) is 3.50. The number of rotatable bonds is 3. The Hall–Kier alpha value is -0.0800. The molecule has 0 aromatic rings. The zero-order valence-corrected chi connectivity index (χ0v) is 8.73. The predicted octanol–water partition coefficient (Wildman–Crippen LogP) is 1.52. The van der Waals surface area contributed by atoms with Crippen molar-refractivity contribution in [1.82, 2.24) is 10.6 Å². The van der Waals surface area contributed by atoms with Gasteiger partial charge in [-0.05, 0) is 50.6 Å². The zero-order valence-electron chi connectivity index (χ0n) is 8.73. The molecule has 2 N–H and O–H groups in total. The molecule has 2 heteroatoms. The first-order valence-electron chi connectivity index (χ1n) is 5.73. The summed E-state index contributed by atoms with van der Waals surface area (Å²) in [5, 5.41) is 7.17. The van der Waals surface area contributed by atoms with E-state index in [1.54, 1.807) is 0 Å². The molecule has 0 bridgehead atoms. The second kappa shape index (κ2) is 3.97.